The maximum Gasteiger partial charge on any atom is 0.263 e. The molecule has 1 fully saturated rings. The summed E-state index contributed by atoms with van der Waals surface area (Å²) in [6.07, 6.45) is 5.49. The normalized spacial score (nSPS) is 18.0. The number of hydrogen-bond acceptors (Lipinski definition) is 6. The summed E-state index contributed by atoms with van der Waals surface area (Å²) in [5, 5.41) is 4.18. The number of aryl methyl sites for hydroxylation is 1. The number of piperidine rings is 1. The van der Waals surface area contributed by atoms with Crippen LogP contribution in [0.2, 0.25) is 0 Å². The summed E-state index contributed by atoms with van der Waals surface area (Å²) in [5.41, 5.74) is 0.820. The number of thiazole rings is 1. The van der Waals surface area contributed by atoms with Crippen LogP contribution in [0.15, 0.2) is 18.5 Å². The quantitative estimate of drug-likeness (QED) is 0.922. The number of anilines is 1. The van der Waals surface area contributed by atoms with Crippen molar-refractivity contribution < 1.29 is 4.79 Å². The molecule has 6 nitrogen and oxygen atoms in total. The van der Waals surface area contributed by atoms with Crippen molar-refractivity contribution >= 4 is 23.2 Å². The molecule has 3 rings (SSSR count). The van der Waals surface area contributed by atoms with E-state index in [2.05, 4.69) is 39.0 Å². The molecule has 2 aromatic heterocycles. The summed E-state index contributed by atoms with van der Waals surface area (Å²) in [6.45, 7) is 7.76. The Morgan fingerprint density at radius 2 is 2.12 bits per heavy atom. The van der Waals surface area contributed by atoms with Crippen LogP contribution in [0.4, 0.5) is 5.95 Å². The molecular weight excluding hydrogens is 322 g/mol. The molecule has 24 heavy (non-hydrogen) atoms. The van der Waals surface area contributed by atoms with Crippen molar-refractivity contribution in [1.82, 2.24) is 20.3 Å². The standard InChI is InChI=1S/C17H23N5OS/c1-11(2)16-20-12(3)14(24-16)15(23)21-13-6-4-9-22(10-13)17-18-7-5-8-19-17/h5,7-8,11,13H,4,6,9-10H2,1-3H3,(H,21,23)/t13-/m0/s1. The summed E-state index contributed by atoms with van der Waals surface area (Å²) >= 11 is 1.50. The van der Waals surface area contributed by atoms with Gasteiger partial charge in [0.25, 0.3) is 5.91 Å². The van der Waals surface area contributed by atoms with Gasteiger partial charge in [-0.25, -0.2) is 15.0 Å². The van der Waals surface area contributed by atoms with Crippen molar-refractivity contribution in [2.24, 2.45) is 0 Å². The Kier molecular flexibility index (Phi) is 5.08. The number of rotatable bonds is 4. The molecule has 1 aliphatic heterocycles. The maximum atomic E-state index is 12.6. The van der Waals surface area contributed by atoms with Crippen molar-refractivity contribution in [1.29, 1.82) is 0 Å². The molecule has 0 saturated carbocycles. The Morgan fingerprint density at radius 1 is 1.38 bits per heavy atom. The minimum Gasteiger partial charge on any atom is -0.347 e. The Hall–Kier alpha value is -2.02. The highest BCUT2D eigenvalue weighted by atomic mass is 32.1. The van der Waals surface area contributed by atoms with E-state index in [0.717, 1.165) is 47.5 Å². The lowest BCUT2D eigenvalue weighted by molar-refractivity contribution is 0.0936. The van der Waals surface area contributed by atoms with Gasteiger partial charge >= 0.3 is 0 Å². The highest BCUT2D eigenvalue weighted by Gasteiger charge is 2.25. The summed E-state index contributed by atoms with van der Waals surface area (Å²) in [4.78, 5) is 28.6. The zero-order valence-electron chi connectivity index (χ0n) is 14.3. The van der Waals surface area contributed by atoms with E-state index in [1.165, 1.54) is 11.3 Å². The second-order valence-corrected chi connectivity index (χ2v) is 7.46. The molecule has 0 bridgehead atoms. The Labute approximate surface area is 146 Å². The molecule has 1 amide bonds. The van der Waals surface area contributed by atoms with Gasteiger partial charge in [-0.05, 0) is 25.8 Å². The zero-order valence-corrected chi connectivity index (χ0v) is 15.1. The topological polar surface area (TPSA) is 71.0 Å². The molecule has 0 aromatic carbocycles. The molecule has 0 spiro atoms. The zero-order chi connectivity index (χ0) is 17.1. The van der Waals surface area contributed by atoms with Crippen LogP contribution in [0, 0.1) is 6.92 Å². The minimum absolute atomic E-state index is 0.0160. The molecular formula is C17H23N5OS. The largest absolute Gasteiger partial charge is 0.347 e. The second-order valence-electron chi connectivity index (χ2n) is 6.43. The highest BCUT2D eigenvalue weighted by molar-refractivity contribution is 7.13. The number of aromatic nitrogens is 3. The lowest BCUT2D eigenvalue weighted by Gasteiger charge is -2.33. The van der Waals surface area contributed by atoms with E-state index in [4.69, 9.17) is 0 Å². The van der Waals surface area contributed by atoms with E-state index < -0.39 is 0 Å². The third-order valence-corrected chi connectivity index (χ3v) is 5.56. The molecule has 3 heterocycles. The fraction of sp³-hybridized carbons (Fsp3) is 0.529. The van der Waals surface area contributed by atoms with Crippen LogP contribution in [0.25, 0.3) is 0 Å². The molecule has 128 valence electrons. The fourth-order valence-corrected chi connectivity index (χ4v) is 3.83. The first-order chi connectivity index (χ1) is 11.5. The molecule has 0 unspecified atom stereocenters. The van der Waals surface area contributed by atoms with Crippen LogP contribution >= 0.6 is 11.3 Å². The smallest absolute Gasteiger partial charge is 0.263 e. The summed E-state index contributed by atoms with van der Waals surface area (Å²) in [6, 6.07) is 1.92. The SMILES string of the molecule is Cc1nc(C(C)C)sc1C(=O)N[C@H]1CCCN(c2ncccn2)C1. The number of hydrogen-bond donors (Lipinski definition) is 1. The Balaban J connectivity index is 1.66. The van der Waals surface area contributed by atoms with E-state index in [-0.39, 0.29) is 11.9 Å². The van der Waals surface area contributed by atoms with Gasteiger partial charge in [0, 0.05) is 37.4 Å². The van der Waals surface area contributed by atoms with Crippen LogP contribution in [-0.2, 0) is 0 Å². The average molecular weight is 345 g/mol. The van der Waals surface area contributed by atoms with Gasteiger partial charge in [0.1, 0.15) is 4.88 Å². The Bertz CT molecular complexity index is 700. The first-order valence-corrected chi connectivity index (χ1v) is 9.16. The molecule has 0 radical (unpaired) electrons. The molecule has 1 atom stereocenters. The summed E-state index contributed by atoms with van der Waals surface area (Å²) < 4.78 is 0. The second kappa shape index (κ2) is 7.25. The molecule has 1 saturated heterocycles. The number of nitrogens with one attached hydrogen (secondary N) is 1. The number of carbonyl (C=O) groups excluding carboxylic acids is 1. The van der Waals surface area contributed by atoms with Gasteiger partial charge in [0.2, 0.25) is 5.95 Å². The van der Waals surface area contributed by atoms with Gasteiger partial charge in [-0.2, -0.15) is 0 Å². The first-order valence-electron chi connectivity index (χ1n) is 8.34. The highest BCUT2D eigenvalue weighted by Crippen LogP contribution is 2.25. The van der Waals surface area contributed by atoms with E-state index in [1.807, 2.05) is 13.0 Å². The molecule has 7 heteroatoms. The van der Waals surface area contributed by atoms with Gasteiger partial charge in [0.15, 0.2) is 0 Å². The van der Waals surface area contributed by atoms with E-state index >= 15 is 0 Å². The maximum absolute atomic E-state index is 12.6. The van der Waals surface area contributed by atoms with Gasteiger partial charge in [-0.3, -0.25) is 4.79 Å². The van der Waals surface area contributed by atoms with Crippen molar-refractivity contribution in [3.05, 3.63) is 34.0 Å². The van der Waals surface area contributed by atoms with Gasteiger partial charge < -0.3 is 10.2 Å². The molecule has 0 aliphatic carbocycles. The number of amides is 1. The molecule has 2 aromatic rings. The van der Waals surface area contributed by atoms with Crippen LogP contribution in [-0.4, -0.2) is 40.0 Å². The van der Waals surface area contributed by atoms with Crippen LogP contribution in [0.1, 0.15) is 53.0 Å². The van der Waals surface area contributed by atoms with Crippen LogP contribution in [0.5, 0.6) is 0 Å². The van der Waals surface area contributed by atoms with E-state index in [0.29, 0.717) is 5.92 Å². The number of nitrogens with zero attached hydrogens (tertiary/aromatic N) is 4. The van der Waals surface area contributed by atoms with E-state index in [9.17, 15) is 4.79 Å². The number of carbonyl (C=O) groups is 1. The summed E-state index contributed by atoms with van der Waals surface area (Å²) in [7, 11) is 0. The lowest BCUT2D eigenvalue weighted by atomic mass is 10.1. The molecule has 1 aliphatic rings. The van der Waals surface area contributed by atoms with Crippen molar-refractivity contribution in [3.63, 3.8) is 0 Å². The van der Waals surface area contributed by atoms with E-state index in [1.54, 1.807) is 12.4 Å². The summed E-state index contributed by atoms with van der Waals surface area (Å²) in [5.74, 6) is 1.06. The molecule has 1 N–H and O–H groups in total. The van der Waals surface area contributed by atoms with Crippen LogP contribution < -0.4 is 10.2 Å². The Morgan fingerprint density at radius 3 is 2.79 bits per heavy atom. The predicted molar refractivity (Wildman–Crippen MR) is 95.7 cm³/mol. The predicted octanol–water partition coefficient (Wildman–Crippen LogP) is 2.76. The van der Waals surface area contributed by atoms with Gasteiger partial charge in [0.05, 0.1) is 10.7 Å². The van der Waals surface area contributed by atoms with Crippen molar-refractivity contribution in [2.45, 2.75) is 45.6 Å². The fourth-order valence-electron chi connectivity index (χ4n) is 2.86. The average Bonchev–Trinajstić information content (AvgIpc) is 2.98. The monoisotopic (exact) mass is 345 g/mol. The third kappa shape index (κ3) is 3.72. The first kappa shape index (κ1) is 16.8. The van der Waals surface area contributed by atoms with Crippen LogP contribution in [0.3, 0.4) is 0 Å². The third-order valence-electron chi connectivity index (χ3n) is 4.10. The van der Waals surface area contributed by atoms with Crippen molar-refractivity contribution in [3.8, 4) is 0 Å². The lowest BCUT2D eigenvalue weighted by Crippen LogP contribution is -2.48. The minimum atomic E-state index is -0.0160. The van der Waals surface area contributed by atoms with Gasteiger partial charge in [-0.1, -0.05) is 13.8 Å². The van der Waals surface area contributed by atoms with Crippen molar-refractivity contribution in [2.75, 3.05) is 18.0 Å². The van der Waals surface area contributed by atoms with Gasteiger partial charge in [-0.15, -0.1) is 11.3 Å².